The maximum absolute atomic E-state index is 9.80. The maximum atomic E-state index is 9.80. The zero-order valence-corrected chi connectivity index (χ0v) is 22.1. The molecule has 1 aromatic carbocycles. The molecule has 0 N–H and O–H groups in total. The van der Waals surface area contributed by atoms with E-state index in [9.17, 15) is 15.8 Å². The number of nitrogens with zero attached hydrogens (tertiary/aromatic N) is 9. The Kier molecular flexibility index (Phi) is 8.75. The maximum Gasteiger partial charge on any atom is 0.251 e. The van der Waals surface area contributed by atoms with E-state index >= 15 is 0 Å². The van der Waals surface area contributed by atoms with Crippen molar-refractivity contribution >= 4 is 33.1 Å². The third-order valence-corrected chi connectivity index (χ3v) is 5.79. The van der Waals surface area contributed by atoms with Crippen molar-refractivity contribution in [3.63, 3.8) is 0 Å². The predicted molar refractivity (Wildman–Crippen MR) is 141 cm³/mol. The van der Waals surface area contributed by atoms with Crippen molar-refractivity contribution in [3.05, 3.63) is 17.1 Å². The number of ether oxygens (including phenoxy) is 3. The molecule has 0 saturated heterocycles. The van der Waals surface area contributed by atoms with Crippen LogP contribution < -0.4 is 14.2 Å². The summed E-state index contributed by atoms with van der Waals surface area (Å²) in [7, 11) is 0. The topological polar surface area (TPSA) is 176 Å². The lowest BCUT2D eigenvalue weighted by Gasteiger charge is -2.13. The van der Waals surface area contributed by atoms with Gasteiger partial charge in [0, 0.05) is 0 Å². The molecule has 0 fully saturated rings. The molecule has 0 saturated carbocycles. The van der Waals surface area contributed by atoms with Crippen LogP contribution in [-0.4, -0.2) is 49.7 Å². The lowest BCUT2D eigenvalue weighted by Crippen LogP contribution is -2.08. The van der Waals surface area contributed by atoms with Gasteiger partial charge in [-0.1, -0.05) is 40.0 Å². The van der Waals surface area contributed by atoms with Gasteiger partial charge in [-0.05, 0) is 19.3 Å². The highest BCUT2D eigenvalue weighted by Crippen LogP contribution is 2.34. The van der Waals surface area contributed by atoms with E-state index in [4.69, 9.17) is 14.2 Å². The molecule has 12 heteroatoms. The standard InChI is InChI=1S/C27H27N9O3/c1-4-7-10-37-25-16(13-28)31-19-22(34-25)20-24(36-26(17(14-29)32-20)38-11-8-5-2)21-23(19)35-27(18(15-30)33-21)39-12-9-6-3/h4-12H2,1-3H3. The number of nitriles is 3. The molecule has 3 heterocycles. The zero-order chi connectivity index (χ0) is 27.8. The molecule has 39 heavy (non-hydrogen) atoms. The van der Waals surface area contributed by atoms with Crippen molar-refractivity contribution < 1.29 is 14.2 Å². The number of unbranched alkanes of at least 4 members (excludes halogenated alkanes) is 3. The molecule has 0 aliphatic heterocycles. The van der Waals surface area contributed by atoms with E-state index in [2.05, 4.69) is 29.9 Å². The quantitative estimate of drug-likeness (QED) is 0.185. The van der Waals surface area contributed by atoms with Crippen LogP contribution in [0.1, 0.15) is 76.4 Å². The van der Waals surface area contributed by atoms with E-state index < -0.39 is 0 Å². The average Bonchev–Trinajstić information content (AvgIpc) is 2.96. The molecule has 12 nitrogen and oxygen atoms in total. The Morgan fingerprint density at radius 3 is 0.949 bits per heavy atom. The summed E-state index contributed by atoms with van der Waals surface area (Å²) in [5.74, 6) is 0.135. The van der Waals surface area contributed by atoms with Crippen LogP contribution in [0.2, 0.25) is 0 Å². The largest absolute Gasteiger partial charge is 0.476 e. The van der Waals surface area contributed by atoms with Gasteiger partial charge in [-0.3, -0.25) is 0 Å². The molecule has 4 rings (SSSR count). The Bertz CT molecular complexity index is 1430. The highest BCUT2D eigenvalue weighted by Gasteiger charge is 2.24. The monoisotopic (exact) mass is 525 g/mol. The molecular formula is C27H27N9O3. The summed E-state index contributed by atoms with van der Waals surface area (Å²) in [5, 5.41) is 29.4. The summed E-state index contributed by atoms with van der Waals surface area (Å²) in [6.45, 7) is 7.11. The van der Waals surface area contributed by atoms with Crippen molar-refractivity contribution in [2.75, 3.05) is 19.8 Å². The molecule has 0 bridgehead atoms. The average molecular weight is 526 g/mol. The number of rotatable bonds is 12. The van der Waals surface area contributed by atoms with Crippen molar-refractivity contribution in [3.8, 4) is 35.8 Å². The summed E-state index contributed by atoms with van der Waals surface area (Å²) in [5.41, 5.74) is 1.18. The third kappa shape index (κ3) is 5.53. The first-order valence-corrected chi connectivity index (χ1v) is 13.0. The first-order chi connectivity index (χ1) is 19.1. The fraction of sp³-hybridized carbons (Fsp3) is 0.444. The summed E-state index contributed by atoms with van der Waals surface area (Å²) in [6.07, 6.45) is 4.98. The number of aromatic nitrogens is 6. The minimum absolute atomic E-state index is 0.0353. The van der Waals surface area contributed by atoms with Gasteiger partial charge in [-0.15, -0.1) is 0 Å². The lowest BCUT2D eigenvalue weighted by atomic mass is 10.1. The molecule has 0 amide bonds. The lowest BCUT2D eigenvalue weighted by molar-refractivity contribution is 0.296. The van der Waals surface area contributed by atoms with Crippen LogP contribution in [0.3, 0.4) is 0 Å². The second-order valence-corrected chi connectivity index (χ2v) is 8.67. The number of fused-ring (bicyclic) bond motifs is 6. The minimum Gasteiger partial charge on any atom is -0.476 e. The molecule has 198 valence electrons. The fourth-order valence-corrected chi connectivity index (χ4v) is 3.71. The van der Waals surface area contributed by atoms with Crippen LogP contribution in [-0.2, 0) is 0 Å². The molecule has 4 aromatic rings. The third-order valence-electron chi connectivity index (χ3n) is 5.79. The molecule has 0 unspecified atom stereocenters. The highest BCUT2D eigenvalue weighted by atomic mass is 16.5. The molecular weight excluding hydrogens is 498 g/mol. The van der Waals surface area contributed by atoms with Crippen molar-refractivity contribution in [2.45, 2.75) is 59.3 Å². The predicted octanol–water partition coefficient (Wildman–Crippen LogP) is 4.67. The first-order valence-electron chi connectivity index (χ1n) is 13.0. The molecule has 0 radical (unpaired) electrons. The summed E-state index contributed by atoms with van der Waals surface area (Å²) < 4.78 is 17.3. The van der Waals surface area contributed by atoms with Crippen LogP contribution in [0.5, 0.6) is 17.6 Å². The van der Waals surface area contributed by atoms with Crippen LogP contribution in [0.15, 0.2) is 0 Å². The Hall–Kier alpha value is -4.89. The molecule has 0 atom stereocenters. The van der Waals surface area contributed by atoms with Crippen LogP contribution in [0.25, 0.3) is 33.1 Å². The van der Waals surface area contributed by atoms with Crippen molar-refractivity contribution in [1.82, 2.24) is 29.9 Å². The highest BCUT2D eigenvalue weighted by molar-refractivity contribution is 6.18. The Balaban J connectivity index is 2.08. The fourth-order valence-electron chi connectivity index (χ4n) is 3.71. The van der Waals surface area contributed by atoms with E-state index in [-0.39, 0.29) is 67.8 Å². The number of hydrogen-bond acceptors (Lipinski definition) is 12. The zero-order valence-electron chi connectivity index (χ0n) is 22.1. The smallest absolute Gasteiger partial charge is 0.251 e. The number of benzene rings is 1. The van der Waals surface area contributed by atoms with Crippen molar-refractivity contribution in [2.24, 2.45) is 0 Å². The van der Waals surface area contributed by atoms with Gasteiger partial charge in [-0.25, -0.2) is 29.9 Å². The van der Waals surface area contributed by atoms with Gasteiger partial charge in [0.05, 0.1) is 19.8 Å². The van der Waals surface area contributed by atoms with E-state index in [0.717, 1.165) is 38.5 Å². The number of hydrogen-bond donors (Lipinski definition) is 0. The summed E-state index contributed by atoms with van der Waals surface area (Å²) in [4.78, 5) is 27.3. The second kappa shape index (κ2) is 12.6. The van der Waals surface area contributed by atoms with Gasteiger partial charge >= 0.3 is 0 Å². The molecule has 0 aliphatic rings. The molecule has 3 aromatic heterocycles. The second-order valence-electron chi connectivity index (χ2n) is 8.67. The van der Waals surface area contributed by atoms with Crippen LogP contribution in [0, 0.1) is 34.0 Å². The van der Waals surface area contributed by atoms with Gasteiger partial charge in [0.25, 0.3) is 17.6 Å². The first kappa shape index (κ1) is 27.2. The summed E-state index contributed by atoms with van der Waals surface area (Å²) >= 11 is 0. The van der Waals surface area contributed by atoms with E-state index in [1.165, 1.54) is 0 Å². The normalized spacial score (nSPS) is 10.8. The van der Waals surface area contributed by atoms with Crippen LogP contribution >= 0.6 is 0 Å². The van der Waals surface area contributed by atoms with Crippen LogP contribution in [0.4, 0.5) is 0 Å². The van der Waals surface area contributed by atoms with Gasteiger partial charge in [0.15, 0.2) is 0 Å². The van der Waals surface area contributed by atoms with Gasteiger partial charge in [0.1, 0.15) is 51.3 Å². The molecule has 0 aliphatic carbocycles. The SMILES string of the molecule is CCCCOc1nc2c(nc1C#N)c1nc(OCCCC)c(C#N)nc1c1nc(OCCCC)c(C#N)nc21. The van der Waals surface area contributed by atoms with Crippen molar-refractivity contribution in [1.29, 1.82) is 15.8 Å². The minimum atomic E-state index is -0.0353. The Morgan fingerprint density at radius 2 is 0.718 bits per heavy atom. The van der Waals surface area contributed by atoms with Gasteiger partial charge < -0.3 is 14.2 Å². The van der Waals surface area contributed by atoms with E-state index in [0.29, 0.717) is 19.8 Å². The van der Waals surface area contributed by atoms with Gasteiger partial charge in [-0.2, -0.15) is 15.8 Å². The van der Waals surface area contributed by atoms with Gasteiger partial charge in [0.2, 0.25) is 17.1 Å². The Labute approximate surface area is 225 Å². The van der Waals surface area contributed by atoms with E-state index in [1.807, 2.05) is 39.0 Å². The summed E-state index contributed by atoms with van der Waals surface area (Å²) in [6, 6.07) is 6.08. The van der Waals surface area contributed by atoms with E-state index in [1.54, 1.807) is 0 Å². The molecule has 0 spiro atoms. The Morgan fingerprint density at radius 1 is 0.462 bits per heavy atom.